The Hall–Kier alpha value is -1.39. The minimum atomic E-state index is 0.0927. The van der Waals surface area contributed by atoms with E-state index in [9.17, 15) is 4.79 Å². The Morgan fingerprint density at radius 2 is 2.30 bits per heavy atom. The number of hydrogen-bond donors (Lipinski definition) is 1. The van der Waals surface area contributed by atoms with E-state index in [1.165, 1.54) is 11.1 Å². The first kappa shape index (κ1) is 15.0. The lowest BCUT2D eigenvalue weighted by atomic mass is 9.94. The molecule has 0 fully saturated rings. The van der Waals surface area contributed by atoms with E-state index in [0.29, 0.717) is 13.2 Å². The summed E-state index contributed by atoms with van der Waals surface area (Å²) in [6, 6.07) is 6.13. The molecule has 110 valence electrons. The summed E-state index contributed by atoms with van der Waals surface area (Å²) in [6.07, 6.45) is 0.924. The fourth-order valence-electron chi connectivity index (χ4n) is 2.87. The fraction of sp³-hybridized carbons (Fsp3) is 0.562. The van der Waals surface area contributed by atoms with Gasteiger partial charge in [-0.05, 0) is 44.0 Å². The molecule has 1 amide bonds. The number of nitrogens with zero attached hydrogens (tertiary/aromatic N) is 1. The van der Waals surface area contributed by atoms with Crippen LogP contribution >= 0.6 is 0 Å². The average molecular weight is 276 g/mol. The third-order valence-corrected chi connectivity index (χ3v) is 3.91. The molecule has 1 aliphatic rings. The summed E-state index contributed by atoms with van der Waals surface area (Å²) in [7, 11) is 1.67. The van der Waals surface area contributed by atoms with Gasteiger partial charge in [0.25, 0.3) is 5.91 Å². The lowest BCUT2D eigenvalue weighted by Gasteiger charge is -2.29. The topological polar surface area (TPSA) is 41.6 Å². The monoisotopic (exact) mass is 276 g/mol. The molecule has 0 radical (unpaired) electrons. The lowest BCUT2D eigenvalue weighted by Crippen LogP contribution is -2.41. The first-order valence-corrected chi connectivity index (χ1v) is 7.30. The SMILES string of the molecule is CCN(C(=O)c1cccc2c1CCNC2)C(C)COC. The van der Waals surface area contributed by atoms with Crippen molar-refractivity contribution in [1.82, 2.24) is 10.2 Å². The van der Waals surface area contributed by atoms with Gasteiger partial charge < -0.3 is 15.0 Å². The molecular formula is C16H24N2O2. The quantitative estimate of drug-likeness (QED) is 0.892. The maximum Gasteiger partial charge on any atom is 0.254 e. The van der Waals surface area contributed by atoms with E-state index in [-0.39, 0.29) is 11.9 Å². The Labute approximate surface area is 121 Å². The molecule has 1 aromatic rings. The summed E-state index contributed by atoms with van der Waals surface area (Å²) in [5.41, 5.74) is 3.31. The van der Waals surface area contributed by atoms with Crippen LogP contribution in [0.3, 0.4) is 0 Å². The molecule has 0 spiro atoms. The Balaban J connectivity index is 2.28. The highest BCUT2D eigenvalue weighted by Gasteiger charge is 2.24. The number of benzene rings is 1. The molecule has 0 aromatic heterocycles. The van der Waals surface area contributed by atoms with Crippen molar-refractivity contribution < 1.29 is 9.53 Å². The van der Waals surface area contributed by atoms with Crippen LogP contribution < -0.4 is 5.32 Å². The van der Waals surface area contributed by atoms with Gasteiger partial charge in [-0.15, -0.1) is 0 Å². The van der Waals surface area contributed by atoms with Gasteiger partial charge in [-0.1, -0.05) is 12.1 Å². The summed E-state index contributed by atoms with van der Waals surface area (Å²) < 4.78 is 5.18. The standard InChI is InChI=1S/C16H24N2O2/c1-4-18(12(2)11-20-3)16(19)15-7-5-6-13-10-17-9-8-14(13)15/h5-7,12,17H,4,8-11H2,1-3H3. The highest BCUT2D eigenvalue weighted by molar-refractivity contribution is 5.96. The van der Waals surface area contributed by atoms with E-state index in [2.05, 4.69) is 11.4 Å². The molecule has 1 unspecified atom stereocenters. The van der Waals surface area contributed by atoms with Crippen molar-refractivity contribution >= 4 is 5.91 Å². The smallest absolute Gasteiger partial charge is 0.254 e. The van der Waals surface area contributed by atoms with Gasteiger partial charge >= 0.3 is 0 Å². The maximum absolute atomic E-state index is 12.8. The summed E-state index contributed by atoms with van der Waals surface area (Å²) in [6.45, 7) is 7.11. The number of hydrogen-bond acceptors (Lipinski definition) is 3. The van der Waals surface area contributed by atoms with Gasteiger partial charge in [0.1, 0.15) is 0 Å². The van der Waals surface area contributed by atoms with E-state index in [1.807, 2.05) is 30.9 Å². The first-order valence-electron chi connectivity index (χ1n) is 7.30. The lowest BCUT2D eigenvalue weighted by molar-refractivity contribution is 0.0578. The number of fused-ring (bicyclic) bond motifs is 1. The second-order valence-electron chi connectivity index (χ2n) is 5.27. The van der Waals surface area contributed by atoms with Gasteiger partial charge in [-0.2, -0.15) is 0 Å². The highest BCUT2D eigenvalue weighted by atomic mass is 16.5. The molecule has 0 saturated carbocycles. The Bertz CT molecular complexity index is 474. The number of methoxy groups -OCH3 is 1. The molecule has 4 nitrogen and oxygen atoms in total. The predicted molar refractivity (Wildman–Crippen MR) is 79.9 cm³/mol. The number of ether oxygens (including phenoxy) is 1. The fourth-order valence-corrected chi connectivity index (χ4v) is 2.87. The first-order chi connectivity index (χ1) is 9.69. The largest absolute Gasteiger partial charge is 0.383 e. The number of nitrogens with one attached hydrogen (secondary N) is 1. The van der Waals surface area contributed by atoms with E-state index >= 15 is 0 Å². The zero-order valence-electron chi connectivity index (χ0n) is 12.6. The Kier molecular flexibility index (Phi) is 5.15. The molecule has 4 heteroatoms. The van der Waals surface area contributed by atoms with Crippen LogP contribution in [-0.4, -0.2) is 43.7 Å². The molecule has 1 N–H and O–H groups in total. The van der Waals surface area contributed by atoms with Crippen LogP contribution in [0.25, 0.3) is 0 Å². The van der Waals surface area contributed by atoms with Gasteiger partial charge in [-0.25, -0.2) is 0 Å². The van der Waals surface area contributed by atoms with Crippen LogP contribution in [0, 0.1) is 0 Å². The third-order valence-electron chi connectivity index (χ3n) is 3.91. The van der Waals surface area contributed by atoms with Crippen molar-refractivity contribution in [2.75, 3.05) is 26.8 Å². The molecule has 1 heterocycles. The van der Waals surface area contributed by atoms with E-state index in [0.717, 1.165) is 25.1 Å². The number of carbonyl (C=O) groups excluding carboxylic acids is 1. The molecule has 2 rings (SSSR count). The average Bonchev–Trinajstić information content (AvgIpc) is 2.47. The van der Waals surface area contributed by atoms with E-state index in [1.54, 1.807) is 7.11 Å². The van der Waals surface area contributed by atoms with Crippen molar-refractivity contribution in [3.05, 3.63) is 34.9 Å². The molecule has 0 bridgehead atoms. The second kappa shape index (κ2) is 6.86. The summed E-state index contributed by atoms with van der Waals surface area (Å²) in [4.78, 5) is 14.7. The third kappa shape index (κ3) is 3.02. The predicted octanol–water partition coefficient (Wildman–Crippen LogP) is 1.83. The Morgan fingerprint density at radius 1 is 1.50 bits per heavy atom. The van der Waals surface area contributed by atoms with Gasteiger partial charge in [0.15, 0.2) is 0 Å². The second-order valence-corrected chi connectivity index (χ2v) is 5.27. The van der Waals surface area contributed by atoms with Crippen molar-refractivity contribution in [1.29, 1.82) is 0 Å². The van der Waals surface area contributed by atoms with Crippen molar-refractivity contribution in [2.24, 2.45) is 0 Å². The summed E-state index contributed by atoms with van der Waals surface area (Å²) in [5, 5.41) is 3.35. The van der Waals surface area contributed by atoms with Crippen molar-refractivity contribution in [2.45, 2.75) is 32.9 Å². The van der Waals surface area contributed by atoms with Crippen LogP contribution in [0.5, 0.6) is 0 Å². The normalized spacial score (nSPS) is 15.6. The van der Waals surface area contributed by atoms with Crippen LogP contribution in [0.1, 0.15) is 35.3 Å². The van der Waals surface area contributed by atoms with E-state index in [4.69, 9.17) is 4.74 Å². The number of carbonyl (C=O) groups is 1. The van der Waals surface area contributed by atoms with Crippen LogP contribution in [-0.2, 0) is 17.7 Å². The number of rotatable bonds is 5. The van der Waals surface area contributed by atoms with E-state index < -0.39 is 0 Å². The zero-order valence-corrected chi connectivity index (χ0v) is 12.6. The number of amides is 1. The molecule has 0 saturated heterocycles. The van der Waals surface area contributed by atoms with Crippen LogP contribution in [0.15, 0.2) is 18.2 Å². The molecule has 20 heavy (non-hydrogen) atoms. The van der Waals surface area contributed by atoms with Gasteiger partial charge in [-0.3, -0.25) is 4.79 Å². The van der Waals surface area contributed by atoms with Crippen LogP contribution in [0.2, 0.25) is 0 Å². The molecular weight excluding hydrogens is 252 g/mol. The molecule has 1 atom stereocenters. The van der Waals surface area contributed by atoms with Crippen molar-refractivity contribution in [3.63, 3.8) is 0 Å². The summed E-state index contributed by atoms with van der Waals surface area (Å²) >= 11 is 0. The minimum absolute atomic E-state index is 0.0927. The Morgan fingerprint density at radius 3 is 3.00 bits per heavy atom. The molecule has 1 aliphatic heterocycles. The highest BCUT2D eigenvalue weighted by Crippen LogP contribution is 2.21. The molecule has 0 aliphatic carbocycles. The van der Waals surface area contributed by atoms with Crippen LogP contribution in [0.4, 0.5) is 0 Å². The van der Waals surface area contributed by atoms with Gasteiger partial charge in [0, 0.05) is 25.8 Å². The van der Waals surface area contributed by atoms with Gasteiger partial charge in [0.2, 0.25) is 0 Å². The maximum atomic E-state index is 12.8. The molecule has 1 aromatic carbocycles. The van der Waals surface area contributed by atoms with Crippen molar-refractivity contribution in [3.8, 4) is 0 Å². The minimum Gasteiger partial charge on any atom is -0.383 e. The number of likely N-dealkylation sites (N-methyl/N-ethyl adjacent to an activating group) is 1. The van der Waals surface area contributed by atoms with Gasteiger partial charge in [0.05, 0.1) is 12.6 Å². The summed E-state index contributed by atoms with van der Waals surface area (Å²) in [5.74, 6) is 0.121. The zero-order chi connectivity index (χ0) is 14.5.